The van der Waals surface area contributed by atoms with Gasteiger partial charge in [-0.1, -0.05) is 6.07 Å². The highest BCUT2D eigenvalue weighted by Gasteiger charge is 2.21. The lowest BCUT2D eigenvalue weighted by Gasteiger charge is -2.32. The molecule has 1 amide bonds. The number of carbonyl (C=O) groups excluding carboxylic acids is 1. The molecule has 4 nitrogen and oxygen atoms in total. The number of hydrogen-bond donors (Lipinski definition) is 1. The summed E-state index contributed by atoms with van der Waals surface area (Å²) in [7, 11) is 0. The van der Waals surface area contributed by atoms with Crippen molar-refractivity contribution in [3.05, 3.63) is 29.8 Å². The van der Waals surface area contributed by atoms with Gasteiger partial charge in [-0.15, -0.1) is 0 Å². The first kappa shape index (κ1) is 13.9. The molecule has 1 aromatic carbocycles. The van der Waals surface area contributed by atoms with Crippen LogP contribution in [0.1, 0.15) is 31.1 Å². The number of amides is 1. The molecular formula is C15H22N2O2. The average Bonchev–Trinajstić information content (AvgIpc) is 2.37. The Kier molecular flexibility index (Phi) is 4.43. The van der Waals surface area contributed by atoms with Gasteiger partial charge in [-0.3, -0.25) is 4.79 Å². The molecule has 1 N–H and O–H groups in total. The van der Waals surface area contributed by atoms with Gasteiger partial charge in [0.25, 0.3) is 5.91 Å². The highest BCUT2D eigenvalue weighted by Crippen LogP contribution is 2.17. The van der Waals surface area contributed by atoms with Crippen LogP contribution in [0.25, 0.3) is 0 Å². The maximum Gasteiger partial charge on any atom is 0.254 e. The molecule has 1 atom stereocenters. The number of hydrogen-bond acceptors (Lipinski definition) is 3. The van der Waals surface area contributed by atoms with E-state index in [0.717, 1.165) is 25.4 Å². The van der Waals surface area contributed by atoms with E-state index in [2.05, 4.69) is 12.2 Å². The minimum Gasteiger partial charge on any atom is -0.491 e. The van der Waals surface area contributed by atoms with Gasteiger partial charge in [0.05, 0.1) is 6.10 Å². The van der Waals surface area contributed by atoms with Gasteiger partial charge in [0, 0.05) is 31.2 Å². The molecule has 1 aliphatic heterocycles. The molecule has 104 valence electrons. The van der Waals surface area contributed by atoms with Crippen molar-refractivity contribution in [3.63, 3.8) is 0 Å². The number of nitrogens with one attached hydrogen (secondary N) is 1. The van der Waals surface area contributed by atoms with E-state index in [1.54, 1.807) is 0 Å². The SMILES string of the molecule is CC(C)Oc1cccc(C(=O)N2CCN[C@H](C)C2)c1. The zero-order chi connectivity index (χ0) is 13.8. The van der Waals surface area contributed by atoms with Crippen molar-refractivity contribution < 1.29 is 9.53 Å². The van der Waals surface area contributed by atoms with Crippen molar-refractivity contribution >= 4 is 5.91 Å². The summed E-state index contributed by atoms with van der Waals surface area (Å²) < 4.78 is 5.63. The van der Waals surface area contributed by atoms with Crippen LogP contribution < -0.4 is 10.1 Å². The number of ether oxygens (including phenoxy) is 1. The third kappa shape index (κ3) is 3.70. The molecule has 0 unspecified atom stereocenters. The Morgan fingerprint density at radius 1 is 1.47 bits per heavy atom. The maximum absolute atomic E-state index is 12.4. The molecule has 1 aromatic rings. The Bertz CT molecular complexity index is 446. The van der Waals surface area contributed by atoms with Gasteiger partial charge in [0.2, 0.25) is 0 Å². The van der Waals surface area contributed by atoms with Crippen LogP contribution in [0.15, 0.2) is 24.3 Å². The zero-order valence-corrected chi connectivity index (χ0v) is 11.8. The van der Waals surface area contributed by atoms with E-state index in [9.17, 15) is 4.79 Å². The monoisotopic (exact) mass is 262 g/mol. The van der Waals surface area contributed by atoms with E-state index >= 15 is 0 Å². The third-order valence-electron chi connectivity index (χ3n) is 3.11. The van der Waals surface area contributed by atoms with Gasteiger partial charge >= 0.3 is 0 Å². The van der Waals surface area contributed by atoms with E-state index < -0.39 is 0 Å². The Balaban J connectivity index is 2.10. The normalized spacial score (nSPS) is 19.6. The minimum absolute atomic E-state index is 0.0857. The van der Waals surface area contributed by atoms with Crippen LogP contribution in [0.3, 0.4) is 0 Å². The Labute approximate surface area is 114 Å². The number of rotatable bonds is 3. The highest BCUT2D eigenvalue weighted by molar-refractivity contribution is 5.94. The maximum atomic E-state index is 12.4. The second kappa shape index (κ2) is 6.06. The molecule has 0 saturated carbocycles. The number of carbonyl (C=O) groups is 1. The first-order valence-electron chi connectivity index (χ1n) is 6.85. The summed E-state index contributed by atoms with van der Waals surface area (Å²) in [5.41, 5.74) is 0.701. The van der Waals surface area contributed by atoms with E-state index in [4.69, 9.17) is 4.74 Å². The molecule has 0 aliphatic carbocycles. The van der Waals surface area contributed by atoms with Crippen LogP contribution in [0.4, 0.5) is 0 Å². The van der Waals surface area contributed by atoms with E-state index in [0.29, 0.717) is 11.6 Å². The molecule has 1 heterocycles. The molecule has 4 heteroatoms. The van der Waals surface area contributed by atoms with Crippen LogP contribution in [0.5, 0.6) is 5.75 Å². The Hall–Kier alpha value is -1.55. The number of piperazine rings is 1. The van der Waals surface area contributed by atoms with Crippen LogP contribution in [0, 0.1) is 0 Å². The van der Waals surface area contributed by atoms with Crippen LogP contribution >= 0.6 is 0 Å². The standard InChI is InChI=1S/C15H22N2O2/c1-11(2)19-14-6-4-5-13(9-14)15(18)17-8-7-16-12(3)10-17/h4-6,9,11-12,16H,7-8,10H2,1-3H3/t12-/m1/s1. The van der Waals surface area contributed by atoms with Gasteiger partial charge in [-0.25, -0.2) is 0 Å². The van der Waals surface area contributed by atoms with Gasteiger partial charge in [0.15, 0.2) is 0 Å². The molecule has 0 spiro atoms. The van der Waals surface area contributed by atoms with Crippen molar-refractivity contribution in [2.45, 2.75) is 32.9 Å². The fourth-order valence-corrected chi connectivity index (χ4v) is 2.27. The zero-order valence-electron chi connectivity index (χ0n) is 11.8. The topological polar surface area (TPSA) is 41.6 Å². The lowest BCUT2D eigenvalue weighted by atomic mass is 10.1. The second-order valence-electron chi connectivity index (χ2n) is 5.30. The first-order valence-corrected chi connectivity index (χ1v) is 6.85. The lowest BCUT2D eigenvalue weighted by Crippen LogP contribution is -2.51. The van der Waals surface area contributed by atoms with Crippen molar-refractivity contribution in [1.29, 1.82) is 0 Å². The van der Waals surface area contributed by atoms with Crippen molar-refractivity contribution in [3.8, 4) is 5.75 Å². The molecule has 19 heavy (non-hydrogen) atoms. The Morgan fingerprint density at radius 2 is 2.26 bits per heavy atom. The summed E-state index contributed by atoms with van der Waals surface area (Å²) in [6, 6.07) is 7.79. The molecule has 0 radical (unpaired) electrons. The fraction of sp³-hybridized carbons (Fsp3) is 0.533. The van der Waals surface area contributed by atoms with Gasteiger partial charge in [-0.05, 0) is 39.0 Å². The van der Waals surface area contributed by atoms with E-state index in [1.807, 2.05) is 43.0 Å². The van der Waals surface area contributed by atoms with Crippen molar-refractivity contribution in [2.24, 2.45) is 0 Å². The molecule has 1 saturated heterocycles. The van der Waals surface area contributed by atoms with Crippen molar-refractivity contribution in [2.75, 3.05) is 19.6 Å². The fourth-order valence-electron chi connectivity index (χ4n) is 2.27. The molecular weight excluding hydrogens is 240 g/mol. The largest absolute Gasteiger partial charge is 0.491 e. The van der Waals surface area contributed by atoms with Crippen LogP contribution in [-0.4, -0.2) is 42.6 Å². The quantitative estimate of drug-likeness (QED) is 0.904. The predicted octanol–water partition coefficient (Wildman–Crippen LogP) is 1.91. The average molecular weight is 262 g/mol. The molecule has 2 rings (SSSR count). The van der Waals surface area contributed by atoms with Crippen LogP contribution in [0.2, 0.25) is 0 Å². The highest BCUT2D eigenvalue weighted by atomic mass is 16.5. The summed E-state index contributed by atoms with van der Waals surface area (Å²) >= 11 is 0. The van der Waals surface area contributed by atoms with E-state index in [1.165, 1.54) is 0 Å². The number of nitrogens with zero attached hydrogens (tertiary/aromatic N) is 1. The summed E-state index contributed by atoms with van der Waals surface area (Å²) in [6.07, 6.45) is 0.115. The lowest BCUT2D eigenvalue weighted by molar-refractivity contribution is 0.0708. The third-order valence-corrected chi connectivity index (χ3v) is 3.11. The van der Waals surface area contributed by atoms with Gasteiger partial charge < -0.3 is 15.0 Å². The van der Waals surface area contributed by atoms with E-state index in [-0.39, 0.29) is 12.0 Å². The summed E-state index contributed by atoms with van der Waals surface area (Å²) in [4.78, 5) is 14.3. The summed E-state index contributed by atoms with van der Waals surface area (Å²) in [5.74, 6) is 0.839. The molecule has 1 fully saturated rings. The molecule has 1 aliphatic rings. The van der Waals surface area contributed by atoms with Gasteiger partial charge in [-0.2, -0.15) is 0 Å². The smallest absolute Gasteiger partial charge is 0.254 e. The second-order valence-corrected chi connectivity index (χ2v) is 5.30. The molecule has 0 bridgehead atoms. The minimum atomic E-state index is 0.0857. The van der Waals surface area contributed by atoms with Crippen LogP contribution in [-0.2, 0) is 0 Å². The van der Waals surface area contributed by atoms with Crippen molar-refractivity contribution in [1.82, 2.24) is 10.2 Å². The molecule has 0 aromatic heterocycles. The predicted molar refractivity (Wildman–Crippen MR) is 75.6 cm³/mol. The summed E-state index contributed by atoms with van der Waals surface area (Å²) in [6.45, 7) is 8.43. The summed E-state index contributed by atoms with van der Waals surface area (Å²) in [5, 5.41) is 3.34. The van der Waals surface area contributed by atoms with Gasteiger partial charge in [0.1, 0.15) is 5.75 Å². The number of benzene rings is 1. The Morgan fingerprint density at radius 3 is 2.95 bits per heavy atom. The first-order chi connectivity index (χ1) is 9.06.